The lowest BCUT2D eigenvalue weighted by molar-refractivity contribution is -0.141. The molecule has 0 aromatic heterocycles. The Balaban J connectivity index is 1.25. The molecule has 0 saturated carbocycles. The zero-order valence-electron chi connectivity index (χ0n) is 20.7. The van der Waals surface area contributed by atoms with E-state index in [1.165, 1.54) is 24.8 Å². The van der Waals surface area contributed by atoms with E-state index < -0.39 is 22.2 Å². The number of amides is 1. The maximum absolute atomic E-state index is 12.9. The zero-order chi connectivity index (χ0) is 25.5. The molecule has 2 aliphatic rings. The molecule has 2 heterocycles. The highest BCUT2D eigenvalue weighted by Gasteiger charge is 2.35. The van der Waals surface area contributed by atoms with Gasteiger partial charge in [0.2, 0.25) is 15.9 Å². The van der Waals surface area contributed by atoms with Gasteiger partial charge in [0.25, 0.3) is 0 Å². The average Bonchev–Trinajstić information content (AvgIpc) is 2.90. The van der Waals surface area contributed by atoms with Gasteiger partial charge in [0.15, 0.2) is 0 Å². The summed E-state index contributed by atoms with van der Waals surface area (Å²) in [5, 5.41) is 9.88. The molecule has 2 saturated heterocycles. The van der Waals surface area contributed by atoms with Crippen molar-refractivity contribution >= 4 is 15.9 Å². The Kier molecular flexibility index (Phi) is 9.00. The summed E-state index contributed by atoms with van der Waals surface area (Å²) in [7, 11) is -2.27. The topological polar surface area (TPSA) is 105 Å². The van der Waals surface area contributed by atoms with E-state index in [1.807, 2.05) is 11.0 Å². The van der Waals surface area contributed by atoms with Gasteiger partial charge in [-0.3, -0.25) is 4.79 Å². The minimum Gasteiger partial charge on any atom is -0.497 e. The first-order valence-electron chi connectivity index (χ1n) is 12.6. The molecular weight excluding hydrogens is 480 g/mol. The molecule has 2 aromatic rings. The number of aliphatic hydroxyl groups excluding tert-OH is 1. The number of methoxy groups -OCH3 is 1. The van der Waals surface area contributed by atoms with Gasteiger partial charge in [-0.25, -0.2) is 13.1 Å². The highest BCUT2D eigenvalue weighted by atomic mass is 32.2. The first-order chi connectivity index (χ1) is 17.4. The molecule has 2 aromatic carbocycles. The Labute approximate surface area is 213 Å². The fraction of sp³-hybridized carbons (Fsp3) is 0.519. The minimum absolute atomic E-state index is 0.0621. The zero-order valence-corrected chi connectivity index (χ0v) is 21.5. The first-order valence-corrected chi connectivity index (χ1v) is 14.1. The Bertz CT molecular complexity index is 1090. The van der Waals surface area contributed by atoms with E-state index in [-0.39, 0.29) is 29.9 Å². The summed E-state index contributed by atoms with van der Waals surface area (Å²) >= 11 is 0. The highest BCUT2D eigenvalue weighted by molar-refractivity contribution is 7.89. The standard InChI is InChI=1S/C27H36N2O6S/c1-34-22-7-10-24(11-8-22)36(32,33)28-25-12-9-23(35-26(25)19-30)18-27(31)29-15-13-21(14-16-29)17-20-5-3-2-4-6-20/h2-8,10-11,21,23,25-26,28,30H,9,12-19H2,1H3/t23-,25-,26-/m0/s1. The first kappa shape index (κ1) is 26.6. The van der Waals surface area contributed by atoms with Gasteiger partial charge in [-0.05, 0) is 67.9 Å². The molecule has 0 aliphatic carbocycles. The van der Waals surface area contributed by atoms with Crippen LogP contribution in [0.1, 0.15) is 37.7 Å². The maximum atomic E-state index is 12.9. The highest BCUT2D eigenvalue weighted by Crippen LogP contribution is 2.27. The molecule has 0 unspecified atom stereocenters. The molecule has 1 amide bonds. The van der Waals surface area contributed by atoms with Crippen LogP contribution in [0.3, 0.4) is 0 Å². The van der Waals surface area contributed by atoms with Crippen LogP contribution in [-0.4, -0.2) is 69.4 Å². The van der Waals surface area contributed by atoms with Crippen LogP contribution in [0.15, 0.2) is 59.5 Å². The number of benzene rings is 2. The number of hydrogen-bond donors (Lipinski definition) is 2. The Morgan fingerprint density at radius 2 is 1.75 bits per heavy atom. The fourth-order valence-corrected chi connectivity index (χ4v) is 6.40. The average molecular weight is 517 g/mol. The number of likely N-dealkylation sites (tertiary alicyclic amines) is 1. The van der Waals surface area contributed by atoms with E-state index in [2.05, 4.69) is 29.0 Å². The Hall–Kier alpha value is -2.46. The molecule has 8 nitrogen and oxygen atoms in total. The van der Waals surface area contributed by atoms with Crippen molar-refractivity contribution in [3.05, 3.63) is 60.2 Å². The predicted molar refractivity (Wildman–Crippen MR) is 136 cm³/mol. The Morgan fingerprint density at radius 3 is 2.39 bits per heavy atom. The summed E-state index contributed by atoms with van der Waals surface area (Å²) < 4.78 is 39.4. The number of carbonyl (C=O) groups is 1. The molecule has 2 aliphatic heterocycles. The van der Waals surface area contributed by atoms with E-state index >= 15 is 0 Å². The van der Waals surface area contributed by atoms with Crippen LogP contribution >= 0.6 is 0 Å². The van der Waals surface area contributed by atoms with Crippen molar-refractivity contribution in [1.82, 2.24) is 9.62 Å². The smallest absolute Gasteiger partial charge is 0.240 e. The number of piperidine rings is 1. The second-order valence-electron chi connectivity index (χ2n) is 9.68. The molecule has 0 bridgehead atoms. The van der Waals surface area contributed by atoms with Crippen molar-refractivity contribution in [2.75, 3.05) is 26.8 Å². The van der Waals surface area contributed by atoms with E-state index in [1.54, 1.807) is 12.1 Å². The van der Waals surface area contributed by atoms with E-state index in [4.69, 9.17) is 9.47 Å². The van der Waals surface area contributed by atoms with Crippen LogP contribution in [-0.2, 0) is 26.0 Å². The number of ether oxygens (including phenoxy) is 2. The monoisotopic (exact) mass is 516 g/mol. The number of carbonyl (C=O) groups excluding carboxylic acids is 1. The van der Waals surface area contributed by atoms with Crippen molar-refractivity contribution < 1.29 is 27.8 Å². The summed E-state index contributed by atoms with van der Waals surface area (Å²) in [6.07, 6.45) is 3.25. The molecule has 4 rings (SSSR count). The van der Waals surface area contributed by atoms with Crippen molar-refractivity contribution in [1.29, 1.82) is 0 Å². The third-order valence-electron chi connectivity index (χ3n) is 7.21. The number of rotatable bonds is 9. The summed E-state index contributed by atoms with van der Waals surface area (Å²) in [5.74, 6) is 1.21. The lowest BCUT2D eigenvalue weighted by Gasteiger charge is -2.37. The second kappa shape index (κ2) is 12.2. The number of sulfonamides is 1. The molecule has 2 N–H and O–H groups in total. The minimum atomic E-state index is -3.79. The number of nitrogens with one attached hydrogen (secondary N) is 1. The molecule has 0 radical (unpaired) electrons. The second-order valence-corrected chi connectivity index (χ2v) is 11.4. The normalized spacial score (nSPS) is 23.4. The summed E-state index contributed by atoms with van der Waals surface area (Å²) in [4.78, 5) is 15.0. The molecule has 0 spiro atoms. The van der Waals surface area contributed by atoms with Gasteiger partial charge in [-0.2, -0.15) is 0 Å². The van der Waals surface area contributed by atoms with Crippen LogP contribution < -0.4 is 9.46 Å². The molecule has 2 fully saturated rings. The van der Waals surface area contributed by atoms with Crippen LogP contribution in [0.4, 0.5) is 0 Å². The summed E-state index contributed by atoms with van der Waals surface area (Å²) in [5.41, 5.74) is 1.34. The number of aliphatic hydroxyl groups is 1. The van der Waals surface area contributed by atoms with Gasteiger partial charge >= 0.3 is 0 Å². The van der Waals surface area contributed by atoms with Crippen molar-refractivity contribution in [3.8, 4) is 5.75 Å². The SMILES string of the molecule is COc1ccc(S(=O)(=O)N[C@H]2CC[C@@H](CC(=O)N3CCC(Cc4ccccc4)CC3)O[C@H]2CO)cc1. The number of hydrogen-bond acceptors (Lipinski definition) is 6. The Morgan fingerprint density at radius 1 is 1.06 bits per heavy atom. The largest absolute Gasteiger partial charge is 0.497 e. The van der Waals surface area contributed by atoms with Gasteiger partial charge in [-0.15, -0.1) is 0 Å². The van der Waals surface area contributed by atoms with Gasteiger partial charge < -0.3 is 19.5 Å². The maximum Gasteiger partial charge on any atom is 0.240 e. The molecule has 3 atom stereocenters. The molecule has 36 heavy (non-hydrogen) atoms. The fourth-order valence-electron chi connectivity index (χ4n) is 5.10. The quantitative estimate of drug-likeness (QED) is 0.531. The lowest BCUT2D eigenvalue weighted by Crippen LogP contribution is -2.51. The van der Waals surface area contributed by atoms with Crippen LogP contribution in [0.5, 0.6) is 5.75 Å². The third-order valence-corrected chi connectivity index (χ3v) is 8.71. The van der Waals surface area contributed by atoms with Gasteiger partial charge in [0.1, 0.15) is 5.75 Å². The van der Waals surface area contributed by atoms with E-state index in [9.17, 15) is 18.3 Å². The van der Waals surface area contributed by atoms with Crippen LogP contribution in [0, 0.1) is 5.92 Å². The van der Waals surface area contributed by atoms with Crippen molar-refractivity contribution in [2.45, 2.75) is 61.7 Å². The van der Waals surface area contributed by atoms with Gasteiger partial charge in [0, 0.05) is 13.1 Å². The van der Waals surface area contributed by atoms with Gasteiger partial charge in [-0.1, -0.05) is 30.3 Å². The van der Waals surface area contributed by atoms with Crippen LogP contribution in [0.2, 0.25) is 0 Å². The lowest BCUT2D eigenvalue weighted by atomic mass is 9.90. The van der Waals surface area contributed by atoms with Gasteiger partial charge in [0.05, 0.1) is 43.3 Å². The van der Waals surface area contributed by atoms with Crippen molar-refractivity contribution in [2.24, 2.45) is 5.92 Å². The molecule has 196 valence electrons. The van der Waals surface area contributed by atoms with E-state index in [0.717, 1.165) is 32.4 Å². The summed E-state index contributed by atoms with van der Waals surface area (Å²) in [6.45, 7) is 1.17. The van der Waals surface area contributed by atoms with Crippen molar-refractivity contribution in [3.63, 3.8) is 0 Å². The summed E-state index contributed by atoms with van der Waals surface area (Å²) in [6, 6.07) is 16.0. The van der Waals surface area contributed by atoms with E-state index in [0.29, 0.717) is 24.5 Å². The van der Waals surface area contributed by atoms with Crippen LogP contribution in [0.25, 0.3) is 0 Å². The predicted octanol–water partition coefficient (Wildman–Crippen LogP) is 2.75. The third kappa shape index (κ3) is 6.85. The molecule has 9 heteroatoms. The molecular formula is C27H36N2O6S. The number of nitrogens with zero attached hydrogens (tertiary/aromatic N) is 1.